The molecule has 158 valence electrons. The van der Waals surface area contributed by atoms with Crippen molar-refractivity contribution in [1.29, 1.82) is 0 Å². The summed E-state index contributed by atoms with van der Waals surface area (Å²) in [5.41, 5.74) is 2.65. The van der Waals surface area contributed by atoms with Gasteiger partial charge in [-0.25, -0.2) is 0 Å². The molecule has 0 saturated heterocycles. The minimum absolute atomic E-state index is 0.178. The molecule has 0 saturated carbocycles. The zero-order valence-electron chi connectivity index (χ0n) is 15.8. The van der Waals surface area contributed by atoms with Crippen molar-refractivity contribution in [2.45, 2.75) is 26.5 Å². The van der Waals surface area contributed by atoms with Crippen molar-refractivity contribution >= 4 is 24.5 Å². The third-order valence-electron chi connectivity index (χ3n) is 4.44. The molecule has 11 heteroatoms. The number of halogens is 3. The molecule has 0 aromatic heterocycles. The Labute approximate surface area is 169 Å². The van der Waals surface area contributed by atoms with E-state index < -0.39 is 31.9 Å². The Morgan fingerprint density at radius 2 is 1.90 bits per heavy atom. The quantitative estimate of drug-likeness (QED) is 0.542. The lowest BCUT2D eigenvalue weighted by Crippen LogP contribution is -2.35. The van der Waals surface area contributed by atoms with E-state index in [2.05, 4.69) is 10.1 Å². The van der Waals surface area contributed by atoms with Gasteiger partial charge in [0.2, 0.25) is 0 Å². The van der Waals surface area contributed by atoms with Crippen LogP contribution in [0.4, 0.5) is 13.2 Å². The maximum Gasteiger partial charge on any atom is 0.573 e. The maximum absolute atomic E-state index is 12.4. The summed E-state index contributed by atoms with van der Waals surface area (Å²) in [6.45, 7) is 1.36. The number of nitrogens with one attached hydrogen (secondary N) is 1. The van der Waals surface area contributed by atoms with Crippen molar-refractivity contribution in [3.05, 3.63) is 58.7 Å². The van der Waals surface area contributed by atoms with Gasteiger partial charge in [-0.05, 0) is 47.3 Å². The van der Waals surface area contributed by atoms with Gasteiger partial charge in [-0.15, -0.1) is 13.2 Å². The minimum atomic E-state index is -4.78. The van der Waals surface area contributed by atoms with Crippen LogP contribution >= 0.6 is 0 Å². The van der Waals surface area contributed by atoms with Crippen molar-refractivity contribution < 1.29 is 41.9 Å². The van der Waals surface area contributed by atoms with Gasteiger partial charge >= 0.3 is 19.5 Å². The van der Waals surface area contributed by atoms with Gasteiger partial charge < -0.3 is 24.5 Å². The molecule has 0 atom stereocenters. The fourth-order valence-corrected chi connectivity index (χ4v) is 3.00. The van der Waals surface area contributed by atoms with Gasteiger partial charge in [0, 0.05) is 5.56 Å². The average Bonchev–Trinajstić information content (AvgIpc) is 3.06. The number of hydrogen-bond donors (Lipinski definition) is 2. The van der Waals surface area contributed by atoms with Crippen LogP contribution in [0.1, 0.15) is 27.0 Å². The number of esters is 1. The van der Waals surface area contributed by atoms with E-state index >= 15 is 0 Å². The molecule has 2 aromatic carbocycles. The largest absolute Gasteiger partial charge is 0.573 e. The molecule has 2 N–H and O–H groups in total. The average molecular weight is 423 g/mol. The van der Waals surface area contributed by atoms with Crippen LogP contribution in [0.15, 0.2) is 36.4 Å². The van der Waals surface area contributed by atoms with Crippen molar-refractivity contribution in [1.82, 2.24) is 5.32 Å². The van der Waals surface area contributed by atoms with Crippen molar-refractivity contribution in [3.63, 3.8) is 0 Å². The molecule has 0 radical (unpaired) electrons. The number of fused-ring (bicyclic) bond motifs is 1. The van der Waals surface area contributed by atoms with Crippen LogP contribution in [0.2, 0.25) is 0 Å². The summed E-state index contributed by atoms with van der Waals surface area (Å²) >= 11 is 0. The van der Waals surface area contributed by atoms with Crippen molar-refractivity contribution in [2.75, 3.05) is 6.54 Å². The van der Waals surface area contributed by atoms with Gasteiger partial charge in [-0.2, -0.15) is 0 Å². The number of ether oxygens (including phenoxy) is 2. The number of carbonyl (C=O) groups is 2. The molecule has 0 aliphatic carbocycles. The number of alkyl halides is 3. The van der Waals surface area contributed by atoms with Crippen LogP contribution in [-0.2, 0) is 27.4 Å². The Balaban J connectivity index is 1.49. The molecule has 0 spiro atoms. The Bertz CT molecular complexity index is 949. The number of hydrogen-bond acceptors (Lipinski definition) is 6. The SMILES string of the molecule is Cc1c(C(=O)NCC(=O)OCc2ccc(OC(F)(F)F)cc2)ccc2c1B(O)OC2. The van der Waals surface area contributed by atoms with Crippen LogP contribution in [0.5, 0.6) is 5.75 Å². The van der Waals surface area contributed by atoms with Gasteiger partial charge in [0.25, 0.3) is 5.91 Å². The molecule has 1 heterocycles. The van der Waals surface area contributed by atoms with E-state index in [0.29, 0.717) is 22.2 Å². The second kappa shape index (κ2) is 8.76. The van der Waals surface area contributed by atoms with Crippen LogP contribution in [0.25, 0.3) is 0 Å². The standard InChI is InChI=1S/C19H17BF3NO6/c1-11-15(7-4-13-10-29-20(27)17(11)13)18(26)24-8-16(25)28-9-12-2-5-14(6-3-12)30-19(21,22)23/h2-7,27H,8-10H2,1H3,(H,24,26). The molecule has 1 aliphatic rings. The number of amides is 1. The van der Waals surface area contributed by atoms with Gasteiger partial charge in [0.1, 0.15) is 18.9 Å². The third-order valence-corrected chi connectivity index (χ3v) is 4.44. The smallest absolute Gasteiger partial charge is 0.460 e. The summed E-state index contributed by atoms with van der Waals surface area (Å²) in [7, 11) is -1.09. The second-order valence-electron chi connectivity index (χ2n) is 6.51. The molecular weight excluding hydrogens is 406 g/mol. The van der Waals surface area contributed by atoms with Crippen LogP contribution < -0.4 is 15.5 Å². The first-order chi connectivity index (χ1) is 14.1. The molecule has 0 bridgehead atoms. The summed E-state index contributed by atoms with van der Waals surface area (Å²) in [5.74, 6) is -1.62. The van der Waals surface area contributed by atoms with Gasteiger partial charge in [0.05, 0.1) is 6.61 Å². The monoisotopic (exact) mass is 423 g/mol. The Kier molecular flexibility index (Phi) is 6.32. The van der Waals surface area contributed by atoms with E-state index in [1.54, 1.807) is 19.1 Å². The van der Waals surface area contributed by atoms with Gasteiger partial charge in [0.15, 0.2) is 0 Å². The lowest BCUT2D eigenvalue weighted by atomic mass is 9.75. The van der Waals surface area contributed by atoms with E-state index in [4.69, 9.17) is 9.39 Å². The Morgan fingerprint density at radius 3 is 2.57 bits per heavy atom. The first-order valence-corrected chi connectivity index (χ1v) is 8.84. The lowest BCUT2D eigenvalue weighted by Gasteiger charge is -2.11. The Hall–Kier alpha value is -3.05. The molecule has 7 nitrogen and oxygen atoms in total. The topological polar surface area (TPSA) is 94.1 Å². The van der Waals surface area contributed by atoms with Gasteiger partial charge in [-0.3, -0.25) is 9.59 Å². The Morgan fingerprint density at radius 1 is 1.20 bits per heavy atom. The summed E-state index contributed by atoms with van der Waals surface area (Å²) < 4.78 is 50.3. The van der Waals surface area contributed by atoms with Crippen LogP contribution in [-0.4, -0.2) is 36.9 Å². The second-order valence-corrected chi connectivity index (χ2v) is 6.51. The molecular formula is C19H17BF3NO6. The van der Waals surface area contributed by atoms with E-state index in [0.717, 1.165) is 17.7 Å². The predicted octanol–water partition coefficient (Wildman–Crippen LogP) is 1.58. The summed E-state index contributed by atoms with van der Waals surface area (Å²) in [6, 6.07) is 8.13. The molecule has 0 fully saturated rings. The first-order valence-electron chi connectivity index (χ1n) is 8.84. The zero-order valence-corrected chi connectivity index (χ0v) is 15.8. The highest BCUT2D eigenvalue weighted by Crippen LogP contribution is 2.23. The van der Waals surface area contributed by atoms with Crippen molar-refractivity contribution in [2.24, 2.45) is 0 Å². The summed E-state index contributed by atoms with van der Waals surface area (Å²) in [5, 5.41) is 12.3. The lowest BCUT2D eigenvalue weighted by molar-refractivity contribution is -0.274. The first kappa shape index (κ1) is 21.7. The van der Waals surface area contributed by atoms with Crippen LogP contribution in [0, 0.1) is 6.92 Å². The highest BCUT2D eigenvalue weighted by atomic mass is 19.4. The number of carbonyl (C=O) groups excluding carboxylic acids is 2. The molecule has 0 unspecified atom stereocenters. The molecule has 1 amide bonds. The third kappa shape index (κ3) is 5.31. The van der Waals surface area contributed by atoms with Crippen molar-refractivity contribution in [3.8, 4) is 5.75 Å². The van der Waals surface area contributed by atoms with Crippen LogP contribution in [0.3, 0.4) is 0 Å². The zero-order chi connectivity index (χ0) is 21.9. The summed E-state index contributed by atoms with van der Waals surface area (Å²) in [6.07, 6.45) is -4.78. The van der Waals surface area contributed by atoms with E-state index in [1.165, 1.54) is 12.1 Å². The molecule has 1 aliphatic heterocycles. The molecule has 2 aromatic rings. The minimum Gasteiger partial charge on any atom is -0.460 e. The normalized spacial score (nSPS) is 13.0. The highest BCUT2D eigenvalue weighted by molar-refractivity contribution is 6.62. The predicted molar refractivity (Wildman–Crippen MR) is 98.8 cm³/mol. The van der Waals surface area contributed by atoms with E-state index in [1.807, 2.05) is 0 Å². The fourth-order valence-electron chi connectivity index (χ4n) is 3.00. The van der Waals surface area contributed by atoms with Gasteiger partial charge in [-0.1, -0.05) is 18.2 Å². The number of rotatable bonds is 6. The highest BCUT2D eigenvalue weighted by Gasteiger charge is 2.31. The van der Waals surface area contributed by atoms with E-state index in [9.17, 15) is 27.8 Å². The van der Waals surface area contributed by atoms with E-state index in [-0.39, 0.29) is 19.0 Å². The maximum atomic E-state index is 12.4. The summed E-state index contributed by atoms with van der Waals surface area (Å²) in [4.78, 5) is 24.2. The molecule has 3 rings (SSSR count). The fraction of sp³-hybridized carbons (Fsp3) is 0.263. The molecule has 30 heavy (non-hydrogen) atoms. The number of benzene rings is 2.